The maximum absolute atomic E-state index is 10.5. The second-order valence-electron chi connectivity index (χ2n) is 9.22. The smallest absolute Gasteiger partial charge is 0.0596 e. The van der Waals surface area contributed by atoms with Gasteiger partial charge in [-0.3, -0.25) is 0 Å². The Morgan fingerprint density at radius 3 is 2.29 bits per heavy atom. The third kappa shape index (κ3) is 1.91. The van der Waals surface area contributed by atoms with E-state index < -0.39 is 0 Å². The van der Waals surface area contributed by atoms with Gasteiger partial charge < -0.3 is 10.2 Å². The number of hydrogen-bond acceptors (Lipinski definition) is 2. The molecule has 120 valence electrons. The Labute approximate surface area is 129 Å². The first-order valence-corrected chi connectivity index (χ1v) is 9.31. The van der Waals surface area contributed by atoms with E-state index in [9.17, 15) is 10.2 Å². The summed E-state index contributed by atoms with van der Waals surface area (Å²) in [7, 11) is 0. The number of aliphatic hydroxyl groups is 2. The highest BCUT2D eigenvalue weighted by atomic mass is 16.3. The van der Waals surface area contributed by atoms with Crippen molar-refractivity contribution >= 4 is 0 Å². The summed E-state index contributed by atoms with van der Waals surface area (Å²) in [5, 5.41) is 20.5. The van der Waals surface area contributed by atoms with Gasteiger partial charge in [-0.1, -0.05) is 13.8 Å². The van der Waals surface area contributed by atoms with Crippen LogP contribution in [0.4, 0.5) is 0 Å². The predicted molar refractivity (Wildman–Crippen MR) is 83.7 cm³/mol. The maximum Gasteiger partial charge on any atom is 0.0596 e. The van der Waals surface area contributed by atoms with E-state index in [1.165, 1.54) is 38.5 Å². The molecule has 0 radical (unpaired) electrons. The number of fused-ring (bicyclic) bond motifs is 5. The lowest BCUT2D eigenvalue weighted by Gasteiger charge is -2.60. The summed E-state index contributed by atoms with van der Waals surface area (Å²) in [6.07, 6.45) is 10.7. The Morgan fingerprint density at radius 1 is 0.762 bits per heavy atom. The second-order valence-corrected chi connectivity index (χ2v) is 9.22. The molecule has 0 heterocycles. The fraction of sp³-hybridized carbons (Fsp3) is 1.00. The minimum Gasteiger partial charge on any atom is -0.393 e. The highest BCUT2D eigenvalue weighted by Crippen LogP contribution is 2.66. The minimum absolute atomic E-state index is 0.0400. The highest BCUT2D eigenvalue weighted by Gasteiger charge is 2.59. The van der Waals surface area contributed by atoms with E-state index in [1.807, 2.05) is 0 Å². The molecule has 4 aliphatic rings. The molecule has 4 saturated carbocycles. The van der Waals surface area contributed by atoms with E-state index in [0.717, 1.165) is 42.9 Å². The molecule has 2 N–H and O–H groups in total. The molecule has 2 nitrogen and oxygen atoms in total. The Morgan fingerprint density at radius 2 is 1.48 bits per heavy atom. The van der Waals surface area contributed by atoms with Crippen LogP contribution in [0.3, 0.4) is 0 Å². The molecule has 0 aromatic carbocycles. The zero-order valence-electron chi connectivity index (χ0n) is 13.7. The van der Waals surface area contributed by atoms with Crippen LogP contribution in [0.2, 0.25) is 0 Å². The quantitative estimate of drug-likeness (QED) is 0.714. The number of aliphatic hydroxyl groups excluding tert-OH is 2. The van der Waals surface area contributed by atoms with Gasteiger partial charge in [-0.25, -0.2) is 0 Å². The lowest BCUT2D eigenvalue weighted by atomic mass is 9.45. The summed E-state index contributed by atoms with van der Waals surface area (Å²) in [6, 6.07) is 0. The van der Waals surface area contributed by atoms with Crippen LogP contribution in [0.25, 0.3) is 0 Å². The average Bonchev–Trinajstić information content (AvgIpc) is 2.76. The molecule has 2 heteroatoms. The lowest BCUT2D eigenvalue weighted by Crippen LogP contribution is -2.54. The third-order valence-electron chi connectivity index (χ3n) is 8.59. The summed E-state index contributed by atoms with van der Waals surface area (Å²) in [4.78, 5) is 0. The van der Waals surface area contributed by atoms with Crippen molar-refractivity contribution in [3.05, 3.63) is 0 Å². The molecule has 4 rings (SSSR count). The van der Waals surface area contributed by atoms with E-state index in [-0.39, 0.29) is 17.6 Å². The van der Waals surface area contributed by atoms with Gasteiger partial charge in [-0.2, -0.15) is 0 Å². The third-order valence-corrected chi connectivity index (χ3v) is 8.59. The molecule has 4 fully saturated rings. The first-order chi connectivity index (χ1) is 9.95. The van der Waals surface area contributed by atoms with Gasteiger partial charge in [0.1, 0.15) is 0 Å². The molecule has 0 bridgehead atoms. The van der Waals surface area contributed by atoms with Crippen molar-refractivity contribution in [2.24, 2.45) is 34.5 Å². The molecule has 0 amide bonds. The summed E-state index contributed by atoms with van der Waals surface area (Å²) in [6.45, 7) is 4.90. The van der Waals surface area contributed by atoms with Crippen LogP contribution in [0.15, 0.2) is 0 Å². The van der Waals surface area contributed by atoms with Crippen LogP contribution >= 0.6 is 0 Å². The molecular formula is C19H32O2. The van der Waals surface area contributed by atoms with Crippen LogP contribution in [0, 0.1) is 34.5 Å². The zero-order valence-corrected chi connectivity index (χ0v) is 13.7. The standard InChI is InChI=1S/C19H32O2/c1-18-9-7-13(20)11-12(18)3-4-14-15-5-6-17(21)19(15,2)10-8-16(14)18/h12-17,20-21H,3-11H2,1-2H3/t12-,13-,14+,15+,16+,17?,18+,19+/m1/s1. The second kappa shape index (κ2) is 4.71. The number of rotatable bonds is 0. The fourth-order valence-corrected chi connectivity index (χ4v) is 7.21. The van der Waals surface area contributed by atoms with Crippen molar-refractivity contribution in [2.45, 2.75) is 83.8 Å². The molecule has 0 spiro atoms. The van der Waals surface area contributed by atoms with Crippen LogP contribution in [0.1, 0.15) is 71.6 Å². The topological polar surface area (TPSA) is 40.5 Å². The van der Waals surface area contributed by atoms with E-state index in [4.69, 9.17) is 0 Å². The average molecular weight is 292 g/mol. The van der Waals surface area contributed by atoms with E-state index in [2.05, 4.69) is 13.8 Å². The minimum atomic E-state index is -0.0536. The first-order valence-electron chi connectivity index (χ1n) is 9.31. The molecule has 0 aromatic rings. The Hall–Kier alpha value is -0.0800. The van der Waals surface area contributed by atoms with Crippen molar-refractivity contribution in [3.8, 4) is 0 Å². The number of hydrogen-bond donors (Lipinski definition) is 2. The molecule has 0 aromatic heterocycles. The van der Waals surface area contributed by atoms with Crippen molar-refractivity contribution in [1.82, 2.24) is 0 Å². The normalized spacial score (nSPS) is 60.0. The van der Waals surface area contributed by atoms with E-state index >= 15 is 0 Å². The molecule has 8 atom stereocenters. The van der Waals surface area contributed by atoms with Gasteiger partial charge in [0, 0.05) is 0 Å². The van der Waals surface area contributed by atoms with Crippen molar-refractivity contribution in [2.75, 3.05) is 0 Å². The molecular weight excluding hydrogens is 260 g/mol. The van der Waals surface area contributed by atoms with Gasteiger partial charge in [-0.05, 0) is 92.3 Å². The zero-order chi connectivity index (χ0) is 14.8. The largest absolute Gasteiger partial charge is 0.393 e. The molecule has 4 aliphatic carbocycles. The van der Waals surface area contributed by atoms with Gasteiger partial charge >= 0.3 is 0 Å². The van der Waals surface area contributed by atoms with Crippen LogP contribution in [-0.2, 0) is 0 Å². The SMILES string of the molecule is C[C@]12CC[C@@H](O)C[C@H]1CC[C@@H]1[C@@H]2CC[C@]2(C)C(O)CC[C@@H]12. The highest BCUT2D eigenvalue weighted by molar-refractivity contribution is 5.09. The summed E-state index contributed by atoms with van der Waals surface area (Å²) in [5.74, 6) is 3.21. The predicted octanol–water partition coefficient (Wildman–Crippen LogP) is 3.75. The van der Waals surface area contributed by atoms with Crippen LogP contribution < -0.4 is 0 Å². The van der Waals surface area contributed by atoms with Gasteiger partial charge in [0.2, 0.25) is 0 Å². The summed E-state index contributed by atoms with van der Waals surface area (Å²) < 4.78 is 0. The first kappa shape index (κ1) is 14.5. The van der Waals surface area contributed by atoms with Crippen LogP contribution in [-0.4, -0.2) is 22.4 Å². The van der Waals surface area contributed by atoms with Crippen molar-refractivity contribution in [3.63, 3.8) is 0 Å². The monoisotopic (exact) mass is 292 g/mol. The van der Waals surface area contributed by atoms with Gasteiger partial charge in [0.15, 0.2) is 0 Å². The molecule has 1 unspecified atom stereocenters. The van der Waals surface area contributed by atoms with Crippen LogP contribution in [0.5, 0.6) is 0 Å². The van der Waals surface area contributed by atoms with Crippen molar-refractivity contribution in [1.29, 1.82) is 0 Å². The summed E-state index contributed by atoms with van der Waals surface area (Å²) >= 11 is 0. The van der Waals surface area contributed by atoms with Gasteiger partial charge in [0.25, 0.3) is 0 Å². The fourth-order valence-electron chi connectivity index (χ4n) is 7.21. The Kier molecular flexibility index (Phi) is 3.25. The Balaban J connectivity index is 1.62. The molecule has 0 aliphatic heterocycles. The van der Waals surface area contributed by atoms with Gasteiger partial charge in [-0.15, -0.1) is 0 Å². The van der Waals surface area contributed by atoms with E-state index in [0.29, 0.717) is 5.41 Å². The lowest BCUT2D eigenvalue weighted by molar-refractivity contribution is -0.133. The molecule has 0 saturated heterocycles. The van der Waals surface area contributed by atoms with Gasteiger partial charge in [0.05, 0.1) is 12.2 Å². The van der Waals surface area contributed by atoms with E-state index in [1.54, 1.807) is 0 Å². The Bertz CT molecular complexity index is 422. The molecule has 21 heavy (non-hydrogen) atoms. The van der Waals surface area contributed by atoms with Crippen molar-refractivity contribution < 1.29 is 10.2 Å². The maximum atomic E-state index is 10.5. The summed E-state index contributed by atoms with van der Waals surface area (Å²) in [5.41, 5.74) is 0.676.